The van der Waals surface area contributed by atoms with Crippen molar-refractivity contribution in [3.63, 3.8) is 0 Å². The van der Waals surface area contributed by atoms with E-state index in [2.05, 4.69) is 5.32 Å². The molecule has 2 aromatic carbocycles. The molecule has 1 N–H and O–H groups in total. The maximum Gasteiger partial charge on any atom is 0.331 e. The predicted molar refractivity (Wildman–Crippen MR) is 78.3 cm³/mol. The van der Waals surface area contributed by atoms with Crippen LogP contribution in [0.2, 0.25) is 0 Å². The monoisotopic (exact) mass is 265 g/mol. The highest BCUT2D eigenvalue weighted by Crippen LogP contribution is 2.27. The first-order chi connectivity index (χ1) is 9.83. The van der Waals surface area contributed by atoms with Crippen molar-refractivity contribution in [3.05, 3.63) is 78.4 Å². The van der Waals surface area contributed by atoms with Crippen molar-refractivity contribution in [1.29, 1.82) is 0 Å². The van der Waals surface area contributed by atoms with Crippen molar-refractivity contribution in [2.24, 2.45) is 0 Å². The van der Waals surface area contributed by atoms with Crippen molar-refractivity contribution in [2.45, 2.75) is 12.1 Å². The van der Waals surface area contributed by atoms with Gasteiger partial charge in [0, 0.05) is 11.8 Å². The van der Waals surface area contributed by atoms with Crippen LogP contribution in [0.25, 0.3) is 0 Å². The van der Waals surface area contributed by atoms with Gasteiger partial charge in [0.25, 0.3) is 0 Å². The van der Waals surface area contributed by atoms with E-state index in [0.29, 0.717) is 0 Å². The Balaban J connectivity index is 1.88. The number of cyclic esters (lactones) is 1. The van der Waals surface area contributed by atoms with E-state index in [9.17, 15) is 4.79 Å². The van der Waals surface area contributed by atoms with Gasteiger partial charge in [-0.2, -0.15) is 0 Å². The zero-order valence-electron chi connectivity index (χ0n) is 10.9. The normalized spacial score (nSPS) is 18.6. The molecule has 1 heterocycles. The molecule has 0 fully saturated rings. The van der Waals surface area contributed by atoms with Crippen LogP contribution in [0.5, 0.6) is 0 Å². The quantitative estimate of drug-likeness (QED) is 0.862. The molecule has 2 aromatic rings. The molecular weight excluding hydrogens is 250 g/mol. The van der Waals surface area contributed by atoms with Crippen LogP contribution >= 0.6 is 0 Å². The summed E-state index contributed by atoms with van der Waals surface area (Å²) in [5.41, 5.74) is 2.08. The fraction of sp³-hybridized carbons (Fsp3) is 0.118. The average molecular weight is 265 g/mol. The minimum Gasteiger partial charge on any atom is -0.452 e. The highest BCUT2D eigenvalue weighted by molar-refractivity contribution is 5.84. The molecule has 3 rings (SSSR count). The molecule has 0 radical (unpaired) electrons. The van der Waals surface area contributed by atoms with Gasteiger partial charge in [-0.3, -0.25) is 0 Å². The van der Waals surface area contributed by atoms with E-state index in [1.165, 1.54) is 6.08 Å². The zero-order valence-corrected chi connectivity index (χ0v) is 10.9. The van der Waals surface area contributed by atoms with Crippen LogP contribution in [-0.4, -0.2) is 12.1 Å². The number of ether oxygens (including phenoxy) is 1. The van der Waals surface area contributed by atoms with Gasteiger partial charge in [-0.25, -0.2) is 4.79 Å². The van der Waals surface area contributed by atoms with Crippen LogP contribution in [-0.2, 0) is 9.53 Å². The second-order valence-corrected chi connectivity index (χ2v) is 4.66. The molecule has 0 aromatic heterocycles. The summed E-state index contributed by atoms with van der Waals surface area (Å²) in [5.74, 6) is -0.286. The highest BCUT2D eigenvalue weighted by Gasteiger charge is 2.27. The van der Waals surface area contributed by atoms with Gasteiger partial charge in [0.2, 0.25) is 0 Å². The number of anilines is 1. The van der Waals surface area contributed by atoms with E-state index in [4.69, 9.17) is 4.74 Å². The SMILES string of the molecule is O=C1C=C[C@@H]([C@H](Nc2ccccc2)c2ccccc2)O1. The summed E-state index contributed by atoms with van der Waals surface area (Å²) in [5, 5.41) is 3.43. The largest absolute Gasteiger partial charge is 0.452 e. The number of carbonyl (C=O) groups is 1. The lowest BCUT2D eigenvalue weighted by Crippen LogP contribution is -2.25. The van der Waals surface area contributed by atoms with Gasteiger partial charge < -0.3 is 10.1 Å². The summed E-state index contributed by atoms with van der Waals surface area (Å²) in [7, 11) is 0. The maximum atomic E-state index is 11.3. The number of nitrogens with one attached hydrogen (secondary N) is 1. The van der Waals surface area contributed by atoms with Crippen LogP contribution in [0.1, 0.15) is 11.6 Å². The van der Waals surface area contributed by atoms with Gasteiger partial charge in [-0.05, 0) is 23.8 Å². The third-order valence-electron chi connectivity index (χ3n) is 3.26. The van der Waals surface area contributed by atoms with E-state index < -0.39 is 0 Å². The predicted octanol–water partition coefficient (Wildman–Crippen LogP) is 3.32. The second kappa shape index (κ2) is 5.61. The van der Waals surface area contributed by atoms with Gasteiger partial charge in [-0.15, -0.1) is 0 Å². The van der Waals surface area contributed by atoms with E-state index in [0.717, 1.165) is 11.3 Å². The van der Waals surface area contributed by atoms with Gasteiger partial charge >= 0.3 is 5.97 Å². The van der Waals surface area contributed by atoms with Gasteiger partial charge in [0.1, 0.15) is 6.10 Å². The highest BCUT2D eigenvalue weighted by atomic mass is 16.5. The standard InChI is InChI=1S/C17H15NO2/c19-16-12-11-15(20-16)17(13-7-3-1-4-8-13)18-14-9-5-2-6-10-14/h1-12,15,17-18H/t15-,17+/m0/s1. The smallest absolute Gasteiger partial charge is 0.331 e. The summed E-state index contributed by atoms with van der Waals surface area (Å²) in [6, 6.07) is 19.8. The van der Waals surface area contributed by atoms with Crippen LogP contribution in [0, 0.1) is 0 Å². The Morgan fingerprint density at radius 2 is 1.60 bits per heavy atom. The molecular formula is C17H15NO2. The van der Waals surface area contributed by atoms with E-state index in [-0.39, 0.29) is 18.1 Å². The van der Waals surface area contributed by atoms with E-state index in [1.807, 2.05) is 60.7 Å². The number of esters is 1. The first-order valence-electron chi connectivity index (χ1n) is 6.58. The lowest BCUT2D eigenvalue weighted by atomic mass is 10.0. The Labute approximate surface area is 117 Å². The fourth-order valence-corrected chi connectivity index (χ4v) is 2.29. The van der Waals surface area contributed by atoms with Crippen molar-refractivity contribution in [1.82, 2.24) is 0 Å². The summed E-state index contributed by atoms with van der Waals surface area (Å²) in [6.45, 7) is 0. The lowest BCUT2D eigenvalue weighted by Gasteiger charge is -2.24. The molecule has 0 spiro atoms. The molecule has 1 aliphatic heterocycles. The van der Waals surface area contributed by atoms with Crippen LogP contribution < -0.4 is 5.32 Å². The minimum absolute atomic E-state index is 0.0960. The molecule has 0 unspecified atom stereocenters. The van der Waals surface area contributed by atoms with E-state index in [1.54, 1.807) is 6.08 Å². The van der Waals surface area contributed by atoms with Gasteiger partial charge in [0.15, 0.2) is 0 Å². The number of rotatable bonds is 4. The topological polar surface area (TPSA) is 38.3 Å². The molecule has 0 amide bonds. The third kappa shape index (κ3) is 2.72. The molecule has 0 bridgehead atoms. The Morgan fingerprint density at radius 3 is 2.20 bits per heavy atom. The Morgan fingerprint density at radius 1 is 0.950 bits per heavy atom. The van der Waals surface area contributed by atoms with Crippen molar-refractivity contribution >= 4 is 11.7 Å². The number of benzene rings is 2. The Kier molecular flexibility index (Phi) is 3.50. The average Bonchev–Trinajstić information content (AvgIpc) is 2.93. The third-order valence-corrected chi connectivity index (χ3v) is 3.26. The summed E-state index contributed by atoms with van der Waals surface area (Å²) < 4.78 is 5.34. The molecule has 20 heavy (non-hydrogen) atoms. The molecule has 0 aliphatic carbocycles. The number of hydrogen-bond donors (Lipinski definition) is 1. The molecule has 0 saturated carbocycles. The van der Waals surface area contributed by atoms with E-state index >= 15 is 0 Å². The maximum absolute atomic E-state index is 11.3. The number of hydrogen-bond acceptors (Lipinski definition) is 3. The fourth-order valence-electron chi connectivity index (χ4n) is 2.29. The zero-order chi connectivity index (χ0) is 13.8. The first-order valence-corrected chi connectivity index (χ1v) is 6.58. The van der Waals surface area contributed by atoms with Crippen LogP contribution in [0.4, 0.5) is 5.69 Å². The molecule has 0 saturated heterocycles. The number of carbonyl (C=O) groups excluding carboxylic acids is 1. The molecule has 1 aliphatic rings. The molecule has 3 nitrogen and oxygen atoms in total. The molecule has 100 valence electrons. The van der Waals surface area contributed by atoms with Crippen molar-refractivity contribution in [2.75, 3.05) is 5.32 Å². The van der Waals surface area contributed by atoms with Crippen LogP contribution in [0.15, 0.2) is 72.8 Å². The second-order valence-electron chi connectivity index (χ2n) is 4.66. The minimum atomic E-state index is -0.287. The Bertz CT molecular complexity index is 607. The van der Waals surface area contributed by atoms with Crippen LogP contribution in [0.3, 0.4) is 0 Å². The van der Waals surface area contributed by atoms with Gasteiger partial charge in [0.05, 0.1) is 6.04 Å². The molecule has 3 heteroatoms. The van der Waals surface area contributed by atoms with Gasteiger partial charge in [-0.1, -0.05) is 48.5 Å². The Hall–Kier alpha value is -2.55. The first kappa shape index (κ1) is 12.5. The van der Waals surface area contributed by atoms with Crippen molar-refractivity contribution < 1.29 is 9.53 Å². The molecule has 2 atom stereocenters. The van der Waals surface area contributed by atoms with Crippen molar-refractivity contribution in [3.8, 4) is 0 Å². The summed E-state index contributed by atoms with van der Waals surface area (Å²) in [4.78, 5) is 11.3. The summed E-state index contributed by atoms with van der Waals surface area (Å²) in [6.07, 6.45) is 2.99. The summed E-state index contributed by atoms with van der Waals surface area (Å²) >= 11 is 0. The lowest BCUT2D eigenvalue weighted by molar-refractivity contribution is -0.139. The number of para-hydroxylation sites is 1.